The van der Waals surface area contributed by atoms with Crippen molar-refractivity contribution in [2.45, 2.75) is 0 Å². The van der Waals surface area contributed by atoms with Crippen molar-refractivity contribution in [3.63, 3.8) is 0 Å². The molecule has 0 aliphatic heterocycles. The molecule has 18 heavy (non-hydrogen) atoms. The minimum Gasteiger partial charge on any atom is -0.506 e. The standard InChI is InChI=1S/C13H8Cl2O3/c14-11-9(4-5-10(16)12(11)15)7-2-1-3-8(6-7)13(17)18/h1-6,16H,(H,17,18). The number of carboxylic acid groups (broad SMARTS) is 1. The van der Waals surface area contributed by atoms with Gasteiger partial charge >= 0.3 is 5.97 Å². The van der Waals surface area contributed by atoms with Crippen molar-refractivity contribution >= 4 is 29.2 Å². The maximum absolute atomic E-state index is 10.9. The van der Waals surface area contributed by atoms with Crippen LogP contribution in [0.2, 0.25) is 10.0 Å². The van der Waals surface area contributed by atoms with Gasteiger partial charge in [0.25, 0.3) is 0 Å². The highest BCUT2D eigenvalue weighted by Gasteiger charge is 2.12. The van der Waals surface area contributed by atoms with Crippen molar-refractivity contribution in [1.82, 2.24) is 0 Å². The predicted molar refractivity (Wildman–Crippen MR) is 70.5 cm³/mol. The van der Waals surface area contributed by atoms with Crippen LogP contribution >= 0.6 is 23.2 Å². The molecule has 92 valence electrons. The Morgan fingerprint density at radius 3 is 2.44 bits per heavy atom. The number of hydrogen-bond donors (Lipinski definition) is 2. The first-order chi connectivity index (χ1) is 8.50. The van der Waals surface area contributed by atoms with Gasteiger partial charge in [0.2, 0.25) is 0 Å². The number of aromatic carboxylic acids is 1. The Labute approximate surface area is 113 Å². The predicted octanol–water partition coefficient (Wildman–Crippen LogP) is 4.06. The third kappa shape index (κ3) is 2.28. The van der Waals surface area contributed by atoms with Crippen molar-refractivity contribution in [2.75, 3.05) is 0 Å². The summed E-state index contributed by atoms with van der Waals surface area (Å²) in [6.07, 6.45) is 0. The van der Waals surface area contributed by atoms with Crippen LogP contribution in [-0.2, 0) is 0 Å². The molecule has 3 nitrogen and oxygen atoms in total. The number of phenolic OH excluding ortho intramolecular Hbond substituents is 1. The first-order valence-electron chi connectivity index (χ1n) is 5.01. The summed E-state index contributed by atoms with van der Waals surface area (Å²) in [6, 6.07) is 9.33. The normalized spacial score (nSPS) is 10.3. The molecule has 0 fully saturated rings. The van der Waals surface area contributed by atoms with Crippen molar-refractivity contribution < 1.29 is 15.0 Å². The Kier molecular flexibility index (Phi) is 3.45. The van der Waals surface area contributed by atoms with Crippen LogP contribution in [0.15, 0.2) is 36.4 Å². The molecule has 2 N–H and O–H groups in total. The number of carbonyl (C=O) groups is 1. The Morgan fingerprint density at radius 2 is 1.78 bits per heavy atom. The molecule has 0 saturated carbocycles. The lowest BCUT2D eigenvalue weighted by Gasteiger charge is -2.08. The molecule has 0 aliphatic rings. The van der Waals surface area contributed by atoms with E-state index in [1.807, 2.05) is 0 Å². The molecule has 0 aromatic heterocycles. The Bertz CT molecular complexity index is 624. The number of carboxylic acids is 1. The number of phenols is 1. The summed E-state index contributed by atoms with van der Waals surface area (Å²) in [5, 5.41) is 18.6. The molecule has 0 atom stereocenters. The van der Waals surface area contributed by atoms with Crippen molar-refractivity contribution in [1.29, 1.82) is 0 Å². The number of rotatable bonds is 2. The van der Waals surface area contributed by atoms with Gasteiger partial charge in [-0.05, 0) is 29.8 Å². The van der Waals surface area contributed by atoms with E-state index >= 15 is 0 Å². The van der Waals surface area contributed by atoms with E-state index < -0.39 is 5.97 Å². The van der Waals surface area contributed by atoms with Crippen LogP contribution in [-0.4, -0.2) is 16.2 Å². The summed E-state index contributed by atoms with van der Waals surface area (Å²) < 4.78 is 0. The second kappa shape index (κ2) is 4.88. The largest absolute Gasteiger partial charge is 0.506 e. The Hall–Kier alpha value is -1.71. The van der Waals surface area contributed by atoms with Gasteiger partial charge in [0, 0.05) is 5.56 Å². The van der Waals surface area contributed by atoms with Crippen LogP contribution in [0.5, 0.6) is 5.75 Å². The van der Waals surface area contributed by atoms with Gasteiger partial charge in [-0.1, -0.05) is 35.3 Å². The summed E-state index contributed by atoms with van der Waals surface area (Å²) >= 11 is 11.9. The highest BCUT2D eigenvalue weighted by atomic mass is 35.5. The van der Waals surface area contributed by atoms with Crippen molar-refractivity contribution in [3.8, 4) is 16.9 Å². The van der Waals surface area contributed by atoms with Gasteiger partial charge in [-0.2, -0.15) is 0 Å². The van der Waals surface area contributed by atoms with E-state index in [4.69, 9.17) is 28.3 Å². The van der Waals surface area contributed by atoms with Crippen LogP contribution in [0.4, 0.5) is 0 Å². The summed E-state index contributed by atoms with van der Waals surface area (Å²) in [5.41, 5.74) is 1.36. The van der Waals surface area contributed by atoms with Crippen LogP contribution in [0.25, 0.3) is 11.1 Å². The second-order valence-electron chi connectivity index (χ2n) is 3.65. The lowest BCUT2D eigenvalue weighted by atomic mass is 10.0. The molecule has 0 unspecified atom stereocenters. The smallest absolute Gasteiger partial charge is 0.335 e. The molecule has 2 aromatic rings. The molecule has 5 heteroatoms. The molecule has 0 aliphatic carbocycles. The van der Waals surface area contributed by atoms with Gasteiger partial charge in [0.1, 0.15) is 10.8 Å². The van der Waals surface area contributed by atoms with Gasteiger partial charge in [0.15, 0.2) is 0 Å². The fourth-order valence-corrected chi connectivity index (χ4v) is 2.02. The highest BCUT2D eigenvalue weighted by Crippen LogP contribution is 2.38. The summed E-state index contributed by atoms with van der Waals surface area (Å²) in [6.45, 7) is 0. The van der Waals surface area contributed by atoms with E-state index in [1.54, 1.807) is 18.2 Å². The summed E-state index contributed by atoms with van der Waals surface area (Å²) in [4.78, 5) is 10.9. The molecular weight excluding hydrogens is 275 g/mol. The van der Waals surface area contributed by atoms with E-state index in [0.29, 0.717) is 11.1 Å². The van der Waals surface area contributed by atoms with E-state index in [2.05, 4.69) is 0 Å². The van der Waals surface area contributed by atoms with Crippen LogP contribution in [0, 0.1) is 0 Å². The van der Waals surface area contributed by atoms with E-state index in [9.17, 15) is 9.90 Å². The molecule has 0 saturated heterocycles. The van der Waals surface area contributed by atoms with E-state index in [1.165, 1.54) is 18.2 Å². The van der Waals surface area contributed by atoms with Gasteiger partial charge in [-0.3, -0.25) is 0 Å². The SMILES string of the molecule is O=C(O)c1cccc(-c2ccc(O)c(Cl)c2Cl)c1. The zero-order valence-corrected chi connectivity index (χ0v) is 10.5. The van der Waals surface area contributed by atoms with Gasteiger partial charge in [-0.15, -0.1) is 0 Å². The first kappa shape index (κ1) is 12.7. The lowest BCUT2D eigenvalue weighted by molar-refractivity contribution is 0.0697. The lowest BCUT2D eigenvalue weighted by Crippen LogP contribution is -1.95. The van der Waals surface area contributed by atoms with Crippen LogP contribution < -0.4 is 0 Å². The molecule has 0 radical (unpaired) electrons. The zero-order valence-electron chi connectivity index (χ0n) is 9.02. The Morgan fingerprint density at radius 1 is 1.06 bits per heavy atom. The summed E-state index contributed by atoms with van der Waals surface area (Å²) in [7, 11) is 0. The number of halogens is 2. The maximum Gasteiger partial charge on any atom is 0.335 e. The monoisotopic (exact) mass is 282 g/mol. The molecule has 0 amide bonds. The van der Waals surface area contributed by atoms with E-state index in [0.717, 1.165) is 0 Å². The fraction of sp³-hybridized carbons (Fsp3) is 0. The minimum atomic E-state index is -1.02. The second-order valence-corrected chi connectivity index (χ2v) is 4.40. The molecule has 0 spiro atoms. The average molecular weight is 283 g/mol. The van der Waals surface area contributed by atoms with Gasteiger partial charge < -0.3 is 10.2 Å². The van der Waals surface area contributed by atoms with Crippen LogP contribution in [0.1, 0.15) is 10.4 Å². The quantitative estimate of drug-likeness (QED) is 0.873. The average Bonchev–Trinajstić information content (AvgIpc) is 2.36. The molecule has 2 aromatic carbocycles. The van der Waals surface area contributed by atoms with Gasteiger partial charge in [-0.25, -0.2) is 4.79 Å². The summed E-state index contributed by atoms with van der Waals surface area (Å²) in [5.74, 6) is -1.13. The van der Waals surface area contributed by atoms with Crippen molar-refractivity contribution in [3.05, 3.63) is 52.0 Å². The third-order valence-electron chi connectivity index (χ3n) is 2.48. The van der Waals surface area contributed by atoms with Crippen molar-refractivity contribution in [2.24, 2.45) is 0 Å². The molecule has 0 bridgehead atoms. The Balaban J connectivity index is 2.59. The molecule has 0 heterocycles. The highest BCUT2D eigenvalue weighted by molar-refractivity contribution is 6.44. The fourth-order valence-electron chi connectivity index (χ4n) is 1.58. The van der Waals surface area contributed by atoms with E-state index in [-0.39, 0.29) is 21.4 Å². The number of benzene rings is 2. The maximum atomic E-state index is 10.9. The zero-order chi connectivity index (χ0) is 13.3. The van der Waals surface area contributed by atoms with Gasteiger partial charge in [0.05, 0.1) is 10.6 Å². The third-order valence-corrected chi connectivity index (χ3v) is 3.35. The minimum absolute atomic E-state index is 0.0508. The van der Waals surface area contributed by atoms with Crippen LogP contribution in [0.3, 0.4) is 0 Å². The molecular formula is C13H8Cl2O3. The topological polar surface area (TPSA) is 57.5 Å². The number of aromatic hydroxyl groups is 1. The molecule has 2 rings (SSSR count). The number of hydrogen-bond acceptors (Lipinski definition) is 2. The first-order valence-corrected chi connectivity index (χ1v) is 5.77.